The topological polar surface area (TPSA) is 35.2 Å². The van der Waals surface area contributed by atoms with Crippen LogP contribution in [0.25, 0.3) is 0 Å². The average Bonchev–Trinajstić information content (AvgIpc) is 2.16. The molecule has 0 fully saturated rings. The Hall–Kier alpha value is -0.940. The van der Waals surface area contributed by atoms with Crippen molar-refractivity contribution in [3.05, 3.63) is 29.8 Å². The van der Waals surface area contributed by atoms with Crippen molar-refractivity contribution in [2.24, 2.45) is 5.73 Å². The van der Waals surface area contributed by atoms with Crippen LogP contribution in [-0.2, 0) is 0 Å². The van der Waals surface area contributed by atoms with Crippen LogP contribution in [0.1, 0.15) is 24.9 Å². The van der Waals surface area contributed by atoms with Gasteiger partial charge in [-0.1, -0.05) is 12.1 Å². The van der Waals surface area contributed by atoms with Crippen molar-refractivity contribution in [1.82, 2.24) is 0 Å². The molecule has 0 saturated heterocycles. The third-order valence-corrected chi connectivity index (χ3v) is 2.05. The van der Waals surface area contributed by atoms with Crippen LogP contribution in [-0.4, -0.2) is 12.8 Å². The standard InChI is InChI=1S/C11H14F3NO.ClH/c1-2-16-9-5-3-4-8(6-9)10(15)7-11(12,13)14;/h3-6,10H,2,7,15H2,1H3;1H/t10-;/m1./s1. The van der Waals surface area contributed by atoms with Gasteiger partial charge in [-0.2, -0.15) is 13.2 Å². The maximum Gasteiger partial charge on any atom is 0.390 e. The van der Waals surface area contributed by atoms with E-state index in [-0.39, 0.29) is 12.4 Å². The van der Waals surface area contributed by atoms with Gasteiger partial charge in [0.1, 0.15) is 5.75 Å². The van der Waals surface area contributed by atoms with Crippen LogP contribution in [0.15, 0.2) is 24.3 Å². The van der Waals surface area contributed by atoms with Crippen molar-refractivity contribution in [1.29, 1.82) is 0 Å². The van der Waals surface area contributed by atoms with E-state index in [1.807, 2.05) is 6.92 Å². The number of ether oxygens (including phenoxy) is 1. The van der Waals surface area contributed by atoms with Crippen LogP contribution in [0.3, 0.4) is 0 Å². The SMILES string of the molecule is CCOc1cccc([C@H](N)CC(F)(F)F)c1.Cl. The van der Waals surface area contributed by atoms with Gasteiger partial charge in [0, 0.05) is 6.04 Å². The molecule has 0 aliphatic rings. The molecule has 0 aromatic heterocycles. The first kappa shape index (κ1) is 16.1. The third-order valence-electron chi connectivity index (χ3n) is 2.05. The van der Waals surface area contributed by atoms with Crippen LogP contribution in [0, 0.1) is 0 Å². The Bertz CT molecular complexity index is 344. The number of alkyl halides is 3. The number of halogens is 4. The van der Waals surface area contributed by atoms with E-state index in [9.17, 15) is 13.2 Å². The maximum atomic E-state index is 12.1. The van der Waals surface area contributed by atoms with Gasteiger partial charge in [-0.15, -0.1) is 12.4 Å². The Morgan fingerprint density at radius 1 is 1.35 bits per heavy atom. The van der Waals surface area contributed by atoms with Crippen LogP contribution in [0.4, 0.5) is 13.2 Å². The molecular formula is C11H15ClF3NO. The summed E-state index contributed by atoms with van der Waals surface area (Å²) in [6, 6.07) is 5.39. The van der Waals surface area contributed by atoms with E-state index < -0.39 is 18.6 Å². The summed E-state index contributed by atoms with van der Waals surface area (Å²) in [5.74, 6) is 0.539. The molecule has 6 heteroatoms. The summed E-state index contributed by atoms with van der Waals surface area (Å²) < 4.78 is 41.6. The van der Waals surface area contributed by atoms with Crippen LogP contribution in [0.5, 0.6) is 5.75 Å². The Labute approximate surface area is 104 Å². The summed E-state index contributed by atoms with van der Waals surface area (Å²) in [7, 11) is 0. The van der Waals surface area contributed by atoms with E-state index in [2.05, 4.69) is 0 Å². The molecule has 0 radical (unpaired) electrons. The highest BCUT2D eigenvalue weighted by Gasteiger charge is 2.30. The van der Waals surface area contributed by atoms with Crippen molar-refractivity contribution >= 4 is 12.4 Å². The second-order valence-electron chi connectivity index (χ2n) is 3.43. The summed E-state index contributed by atoms with van der Waals surface area (Å²) in [6.07, 6.45) is -5.27. The summed E-state index contributed by atoms with van der Waals surface area (Å²) in [6.45, 7) is 2.28. The summed E-state index contributed by atoms with van der Waals surface area (Å²) >= 11 is 0. The lowest BCUT2D eigenvalue weighted by molar-refractivity contribution is -0.138. The Morgan fingerprint density at radius 2 is 2.00 bits per heavy atom. The molecule has 2 nitrogen and oxygen atoms in total. The van der Waals surface area contributed by atoms with Gasteiger partial charge in [0.15, 0.2) is 0 Å². The van der Waals surface area contributed by atoms with E-state index in [4.69, 9.17) is 10.5 Å². The molecule has 0 bridgehead atoms. The molecule has 17 heavy (non-hydrogen) atoms. The van der Waals surface area contributed by atoms with Gasteiger partial charge in [-0.3, -0.25) is 0 Å². The molecular weight excluding hydrogens is 255 g/mol. The molecule has 1 atom stereocenters. The minimum absolute atomic E-state index is 0. The van der Waals surface area contributed by atoms with Crippen molar-refractivity contribution in [3.8, 4) is 5.75 Å². The molecule has 0 heterocycles. The smallest absolute Gasteiger partial charge is 0.390 e. The zero-order chi connectivity index (χ0) is 12.2. The largest absolute Gasteiger partial charge is 0.494 e. The zero-order valence-electron chi connectivity index (χ0n) is 9.33. The highest BCUT2D eigenvalue weighted by molar-refractivity contribution is 5.85. The minimum atomic E-state index is -4.25. The van der Waals surface area contributed by atoms with Gasteiger partial charge in [0.05, 0.1) is 13.0 Å². The van der Waals surface area contributed by atoms with Crippen LogP contribution in [0.2, 0.25) is 0 Å². The average molecular weight is 270 g/mol. The van der Waals surface area contributed by atoms with Gasteiger partial charge in [0.25, 0.3) is 0 Å². The Balaban J connectivity index is 0.00000256. The molecule has 1 aromatic carbocycles. The van der Waals surface area contributed by atoms with Crippen molar-refractivity contribution in [2.75, 3.05) is 6.61 Å². The van der Waals surface area contributed by atoms with Crippen LogP contribution >= 0.6 is 12.4 Å². The van der Waals surface area contributed by atoms with E-state index in [1.165, 1.54) is 0 Å². The number of nitrogens with two attached hydrogens (primary N) is 1. The van der Waals surface area contributed by atoms with E-state index in [0.717, 1.165) is 0 Å². The zero-order valence-corrected chi connectivity index (χ0v) is 10.1. The second kappa shape index (κ2) is 6.71. The minimum Gasteiger partial charge on any atom is -0.494 e. The molecule has 0 saturated carbocycles. The number of hydrogen-bond donors (Lipinski definition) is 1. The first-order valence-electron chi connectivity index (χ1n) is 4.97. The predicted octanol–water partition coefficient (Wildman–Crippen LogP) is 3.46. The molecule has 0 aliphatic carbocycles. The highest BCUT2D eigenvalue weighted by Crippen LogP contribution is 2.29. The van der Waals surface area contributed by atoms with Crippen molar-refractivity contribution < 1.29 is 17.9 Å². The number of rotatable bonds is 4. The van der Waals surface area contributed by atoms with Gasteiger partial charge in [-0.05, 0) is 24.6 Å². The lowest BCUT2D eigenvalue weighted by Crippen LogP contribution is -2.20. The number of hydrogen-bond acceptors (Lipinski definition) is 2. The molecule has 0 amide bonds. The maximum absolute atomic E-state index is 12.1. The fourth-order valence-electron chi connectivity index (χ4n) is 1.37. The molecule has 1 rings (SSSR count). The first-order chi connectivity index (χ1) is 7.42. The molecule has 0 aliphatic heterocycles. The monoisotopic (exact) mass is 269 g/mol. The molecule has 98 valence electrons. The fraction of sp³-hybridized carbons (Fsp3) is 0.455. The van der Waals surface area contributed by atoms with Gasteiger partial charge in [0.2, 0.25) is 0 Å². The Kier molecular flexibility index (Phi) is 6.34. The van der Waals surface area contributed by atoms with Gasteiger partial charge < -0.3 is 10.5 Å². The van der Waals surface area contributed by atoms with Gasteiger partial charge >= 0.3 is 6.18 Å². The lowest BCUT2D eigenvalue weighted by atomic mass is 10.0. The summed E-state index contributed by atoms with van der Waals surface area (Å²) in [5.41, 5.74) is 5.90. The lowest BCUT2D eigenvalue weighted by Gasteiger charge is -2.15. The molecule has 1 aromatic rings. The van der Waals surface area contributed by atoms with E-state index in [1.54, 1.807) is 24.3 Å². The number of benzene rings is 1. The molecule has 0 spiro atoms. The summed E-state index contributed by atoms with van der Waals surface area (Å²) in [5, 5.41) is 0. The predicted molar refractivity (Wildman–Crippen MR) is 62.5 cm³/mol. The first-order valence-corrected chi connectivity index (χ1v) is 4.97. The highest BCUT2D eigenvalue weighted by atomic mass is 35.5. The fourth-order valence-corrected chi connectivity index (χ4v) is 1.37. The Morgan fingerprint density at radius 3 is 2.53 bits per heavy atom. The van der Waals surface area contributed by atoms with E-state index in [0.29, 0.717) is 17.9 Å². The quantitative estimate of drug-likeness (QED) is 0.908. The molecule has 0 unspecified atom stereocenters. The third kappa shape index (κ3) is 5.79. The van der Waals surface area contributed by atoms with Gasteiger partial charge in [-0.25, -0.2) is 0 Å². The van der Waals surface area contributed by atoms with Crippen molar-refractivity contribution in [3.63, 3.8) is 0 Å². The second-order valence-corrected chi connectivity index (χ2v) is 3.43. The van der Waals surface area contributed by atoms with Crippen molar-refractivity contribution in [2.45, 2.75) is 25.6 Å². The normalized spacial score (nSPS) is 12.8. The molecule has 2 N–H and O–H groups in total. The van der Waals surface area contributed by atoms with E-state index >= 15 is 0 Å². The summed E-state index contributed by atoms with van der Waals surface area (Å²) in [4.78, 5) is 0. The van der Waals surface area contributed by atoms with Crippen LogP contribution < -0.4 is 10.5 Å².